The quantitative estimate of drug-likeness (QED) is 0.709. The van der Waals surface area contributed by atoms with Crippen LogP contribution in [0.5, 0.6) is 0 Å². The van der Waals surface area contributed by atoms with Crippen LogP contribution >= 0.6 is 0 Å². The number of carboxylic acids is 1. The lowest BCUT2D eigenvalue weighted by Gasteiger charge is -2.25. The molecule has 6 heteroatoms. The smallest absolute Gasteiger partial charge is 0.329 e. The van der Waals surface area contributed by atoms with Crippen LogP contribution in [-0.2, 0) is 11.3 Å². The van der Waals surface area contributed by atoms with Gasteiger partial charge in [0, 0.05) is 18.3 Å². The summed E-state index contributed by atoms with van der Waals surface area (Å²) in [6, 6.07) is 3.09. The van der Waals surface area contributed by atoms with Crippen LogP contribution in [0.15, 0.2) is 18.3 Å². The fraction of sp³-hybridized carbons (Fsp3) is 0.462. The average Bonchev–Trinajstić information content (AvgIpc) is 2.38. The summed E-state index contributed by atoms with van der Waals surface area (Å²) in [5.74, 6) is -1.48. The van der Waals surface area contributed by atoms with Crippen molar-refractivity contribution in [3.63, 3.8) is 0 Å². The molecule has 0 aliphatic carbocycles. The van der Waals surface area contributed by atoms with Crippen molar-refractivity contribution in [3.05, 3.63) is 29.6 Å². The van der Waals surface area contributed by atoms with Gasteiger partial charge in [0.1, 0.15) is 5.54 Å². The topological polar surface area (TPSA) is 105 Å². The number of carbonyl (C=O) groups excluding carboxylic acids is 1. The molecule has 1 unspecified atom stereocenters. The maximum Gasteiger partial charge on any atom is 0.329 e. The maximum atomic E-state index is 12.1. The Bertz CT molecular complexity index is 476. The van der Waals surface area contributed by atoms with E-state index in [0.717, 1.165) is 0 Å². The zero-order valence-corrected chi connectivity index (χ0v) is 11.1. The molecule has 0 saturated carbocycles. The summed E-state index contributed by atoms with van der Waals surface area (Å²) in [6.45, 7) is 3.60. The lowest BCUT2D eigenvalue weighted by molar-refractivity contribution is -0.144. The minimum absolute atomic E-state index is 0.228. The van der Waals surface area contributed by atoms with Crippen molar-refractivity contribution in [2.24, 2.45) is 5.73 Å². The van der Waals surface area contributed by atoms with Gasteiger partial charge in [0.25, 0.3) is 5.91 Å². The summed E-state index contributed by atoms with van der Waals surface area (Å²) in [4.78, 5) is 27.3. The van der Waals surface area contributed by atoms with E-state index in [0.29, 0.717) is 24.1 Å². The molecular formula is C13H19N3O3. The number of carbonyl (C=O) groups is 2. The first-order chi connectivity index (χ1) is 8.92. The summed E-state index contributed by atoms with van der Waals surface area (Å²) in [7, 11) is 0. The van der Waals surface area contributed by atoms with Crippen molar-refractivity contribution in [3.8, 4) is 0 Å². The molecule has 6 nitrogen and oxygen atoms in total. The number of hydrogen-bond donors (Lipinski definition) is 3. The molecule has 0 saturated heterocycles. The second kappa shape index (κ2) is 6.29. The molecule has 0 bridgehead atoms. The highest BCUT2D eigenvalue weighted by Gasteiger charge is 2.34. The molecule has 0 spiro atoms. The summed E-state index contributed by atoms with van der Waals surface area (Å²) in [6.07, 6.45) is 2.51. The van der Waals surface area contributed by atoms with Crippen molar-refractivity contribution in [2.75, 3.05) is 0 Å². The van der Waals surface area contributed by atoms with Crippen LogP contribution in [0.25, 0.3) is 0 Å². The molecule has 4 N–H and O–H groups in total. The number of nitrogens with two attached hydrogens (primary N) is 1. The highest BCUT2D eigenvalue weighted by Crippen LogP contribution is 2.14. The van der Waals surface area contributed by atoms with Gasteiger partial charge in [0.15, 0.2) is 0 Å². The van der Waals surface area contributed by atoms with Gasteiger partial charge in [-0.2, -0.15) is 0 Å². The summed E-state index contributed by atoms with van der Waals surface area (Å²) in [5, 5.41) is 11.8. The first kappa shape index (κ1) is 15.1. The molecule has 1 heterocycles. The predicted molar refractivity (Wildman–Crippen MR) is 70.5 cm³/mol. The van der Waals surface area contributed by atoms with Crippen LogP contribution in [0.4, 0.5) is 0 Å². The molecule has 0 aliphatic heterocycles. The summed E-state index contributed by atoms with van der Waals surface area (Å²) >= 11 is 0. The SMILES string of the molecule is CCCC(C)(NC(=O)c1ccnc(CN)c1)C(=O)O. The normalized spacial score (nSPS) is 13.6. The van der Waals surface area contributed by atoms with E-state index < -0.39 is 17.4 Å². The van der Waals surface area contributed by atoms with E-state index in [4.69, 9.17) is 5.73 Å². The third-order valence-electron chi connectivity index (χ3n) is 2.90. The Morgan fingerprint density at radius 2 is 2.21 bits per heavy atom. The molecule has 1 aromatic heterocycles. The lowest BCUT2D eigenvalue weighted by atomic mass is 9.96. The Hall–Kier alpha value is -1.95. The van der Waals surface area contributed by atoms with E-state index in [2.05, 4.69) is 10.3 Å². The van der Waals surface area contributed by atoms with Gasteiger partial charge >= 0.3 is 5.97 Å². The second-order valence-corrected chi connectivity index (χ2v) is 4.58. The van der Waals surface area contributed by atoms with Gasteiger partial charge in [-0.25, -0.2) is 4.79 Å². The monoisotopic (exact) mass is 265 g/mol. The van der Waals surface area contributed by atoms with Crippen LogP contribution in [-0.4, -0.2) is 27.5 Å². The van der Waals surface area contributed by atoms with Crippen LogP contribution in [0, 0.1) is 0 Å². The van der Waals surface area contributed by atoms with Gasteiger partial charge in [-0.1, -0.05) is 13.3 Å². The van der Waals surface area contributed by atoms with Crippen molar-refractivity contribution in [2.45, 2.75) is 38.8 Å². The molecule has 0 aliphatic rings. The van der Waals surface area contributed by atoms with E-state index in [1.54, 1.807) is 6.07 Å². The number of nitrogens with one attached hydrogen (secondary N) is 1. The molecule has 0 fully saturated rings. The molecule has 1 aromatic rings. The third-order valence-corrected chi connectivity index (χ3v) is 2.90. The number of rotatable bonds is 6. The molecule has 1 amide bonds. The average molecular weight is 265 g/mol. The van der Waals surface area contributed by atoms with Crippen molar-refractivity contribution in [1.82, 2.24) is 10.3 Å². The molecule has 104 valence electrons. The molecule has 1 rings (SSSR count). The number of pyridine rings is 1. The maximum absolute atomic E-state index is 12.1. The molecule has 0 radical (unpaired) electrons. The number of amides is 1. The number of nitrogens with zero attached hydrogens (tertiary/aromatic N) is 1. The first-order valence-electron chi connectivity index (χ1n) is 6.14. The Kier molecular flexibility index (Phi) is 5.00. The van der Waals surface area contributed by atoms with E-state index in [1.807, 2.05) is 6.92 Å². The van der Waals surface area contributed by atoms with Gasteiger partial charge in [0.2, 0.25) is 0 Å². The van der Waals surface area contributed by atoms with Crippen molar-refractivity contribution >= 4 is 11.9 Å². The summed E-state index contributed by atoms with van der Waals surface area (Å²) < 4.78 is 0. The lowest BCUT2D eigenvalue weighted by Crippen LogP contribution is -2.52. The zero-order valence-electron chi connectivity index (χ0n) is 11.1. The molecule has 0 aromatic carbocycles. The van der Waals surface area contributed by atoms with Crippen molar-refractivity contribution in [1.29, 1.82) is 0 Å². The Morgan fingerprint density at radius 1 is 1.53 bits per heavy atom. The fourth-order valence-electron chi connectivity index (χ4n) is 1.78. The Balaban J connectivity index is 2.90. The number of aromatic nitrogens is 1. The van der Waals surface area contributed by atoms with Gasteiger partial charge < -0.3 is 16.2 Å². The van der Waals surface area contributed by atoms with E-state index in [-0.39, 0.29) is 6.54 Å². The number of aliphatic carboxylic acids is 1. The highest BCUT2D eigenvalue weighted by atomic mass is 16.4. The zero-order chi connectivity index (χ0) is 14.5. The molecule has 19 heavy (non-hydrogen) atoms. The highest BCUT2D eigenvalue weighted by molar-refractivity contribution is 5.97. The summed E-state index contributed by atoms with van der Waals surface area (Å²) in [5.41, 5.74) is 5.13. The standard InChI is InChI=1S/C13H19N3O3/c1-3-5-13(2,12(18)19)16-11(17)9-4-6-15-10(7-9)8-14/h4,6-7H,3,5,8,14H2,1-2H3,(H,16,17)(H,18,19). The second-order valence-electron chi connectivity index (χ2n) is 4.58. The van der Waals surface area contributed by atoms with Gasteiger partial charge in [-0.15, -0.1) is 0 Å². The number of carboxylic acid groups (broad SMARTS) is 1. The van der Waals surface area contributed by atoms with E-state index in [1.165, 1.54) is 19.2 Å². The van der Waals surface area contributed by atoms with Gasteiger partial charge in [-0.05, 0) is 25.5 Å². The van der Waals surface area contributed by atoms with Gasteiger partial charge in [0.05, 0.1) is 5.69 Å². The van der Waals surface area contributed by atoms with E-state index in [9.17, 15) is 14.7 Å². The number of hydrogen-bond acceptors (Lipinski definition) is 4. The van der Waals surface area contributed by atoms with Crippen molar-refractivity contribution < 1.29 is 14.7 Å². The van der Waals surface area contributed by atoms with Crippen LogP contribution < -0.4 is 11.1 Å². The first-order valence-corrected chi connectivity index (χ1v) is 6.14. The Labute approximate surface area is 112 Å². The van der Waals surface area contributed by atoms with Crippen LogP contribution in [0.3, 0.4) is 0 Å². The molecular weight excluding hydrogens is 246 g/mol. The van der Waals surface area contributed by atoms with E-state index >= 15 is 0 Å². The van der Waals surface area contributed by atoms with Crippen LogP contribution in [0.1, 0.15) is 42.7 Å². The minimum atomic E-state index is -1.27. The fourth-order valence-corrected chi connectivity index (χ4v) is 1.78. The predicted octanol–water partition coefficient (Wildman–Crippen LogP) is 0.913. The third kappa shape index (κ3) is 3.75. The molecule has 1 atom stereocenters. The minimum Gasteiger partial charge on any atom is -0.480 e. The van der Waals surface area contributed by atoms with Gasteiger partial charge in [-0.3, -0.25) is 9.78 Å². The Morgan fingerprint density at radius 3 is 2.74 bits per heavy atom. The largest absolute Gasteiger partial charge is 0.480 e. The van der Waals surface area contributed by atoms with Crippen LogP contribution in [0.2, 0.25) is 0 Å².